The first kappa shape index (κ1) is 14.6. The topological polar surface area (TPSA) is 89.2 Å². The van der Waals surface area contributed by atoms with E-state index in [0.29, 0.717) is 24.2 Å². The van der Waals surface area contributed by atoms with Crippen LogP contribution in [0.5, 0.6) is 0 Å². The number of rotatable bonds is 2. The van der Waals surface area contributed by atoms with Gasteiger partial charge in [-0.25, -0.2) is 0 Å². The molecule has 0 spiro atoms. The van der Waals surface area contributed by atoms with E-state index < -0.39 is 18.2 Å². The Morgan fingerprint density at radius 3 is 2.63 bits per heavy atom. The SMILES string of the molecule is CCC1C(C)CCC2C[C@@H](O)[C@@H](O)[C@H](N=[N+]=[N-])[C@@]21C. The molecular formula is C14H25N3O2. The lowest BCUT2D eigenvalue weighted by Gasteiger charge is -2.58. The number of fused-ring (bicyclic) bond motifs is 1. The minimum absolute atomic E-state index is 0.197. The zero-order valence-electron chi connectivity index (χ0n) is 12.0. The molecule has 0 aromatic carbocycles. The lowest BCUT2D eigenvalue weighted by Crippen LogP contribution is -2.60. The molecule has 0 aliphatic heterocycles. The molecule has 5 nitrogen and oxygen atoms in total. The molecule has 5 heteroatoms. The van der Waals surface area contributed by atoms with Gasteiger partial charge in [-0.15, -0.1) is 0 Å². The van der Waals surface area contributed by atoms with Gasteiger partial charge in [0, 0.05) is 4.91 Å². The second kappa shape index (κ2) is 5.31. The van der Waals surface area contributed by atoms with Crippen molar-refractivity contribution in [3.8, 4) is 0 Å². The third kappa shape index (κ3) is 2.14. The Labute approximate surface area is 114 Å². The Bertz CT molecular complexity index is 383. The van der Waals surface area contributed by atoms with E-state index in [9.17, 15) is 10.2 Å². The molecule has 0 aromatic rings. The minimum Gasteiger partial charge on any atom is -0.390 e. The van der Waals surface area contributed by atoms with Crippen LogP contribution in [0.15, 0.2) is 5.11 Å². The number of hydrogen-bond donors (Lipinski definition) is 2. The Hall–Kier alpha value is -0.770. The van der Waals surface area contributed by atoms with E-state index in [-0.39, 0.29) is 5.41 Å². The summed E-state index contributed by atoms with van der Waals surface area (Å²) in [5.41, 5.74) is 8.62. The molecule has 19 heavy (non-hydrogen) atoms. The summed E-state index contributed by atoms with van der Waals surface area (Å²) in [6.45, 7) is 6.56. The third-order valence-corrected chi connectivity index (χ3v) is 5.83. The molecule has 0 radical (unpaired) electrons. The molecule has 2 saturated carbocycles. The van der Waals surface area contributed by atoms with E-state index in [4.69, 9.17) is 5.53 Å². The van der Waals surface area contributed by atoms with Crippen molar-refractivity contribution in [2.75, 3.05) is 0 Å². The second-order valence-electron chi connectivity index (χ2n) is 6.58. The summed E-state index contributed by atoms with van der Waals surface area (Å²) in [7, 11) is 0. The number of azide groups is 1. The molecule has 2 fully saturated rings. The highest BCUT2D eigenvalue weighted by atomic mass is 16.3. The normalized spacial score (nSPS) is 50.2. The van der Waals surface area contributed by atoms with E-state index in [1.807, 2.05) is 0 Å². The van der Waals surface area contributed by atoms with Crippen molar-refractivity contribution in [2.45, 2.75) is 64.7 Å². The summed E-state index contributed by atoms with van der Waals surface area (Å²) in [6.07, 6.45) is 2.16. The summed E-state index contributed by atoms with van der Waals surface area (Å²) in [5, 5.41) is 24.2. The molecule has 108 valence electrons. The van der Waals surface area contributed by atoms with Crippen LogP contribution in [0.2, 0.25) is 0 Å². The van der Waals surface area contributed by atoms with Gasteiger partial charge in [0.1, 0.15) is 0 Å². The largest absolute Gasteiger partial charge is 0.390 e. The van der Waals surface area contributed by atoms with Crippen LogP contribution in [0.3, 0.4) is 0 Å². The number of nitrogens with zero attached hydrogens (tertiary/aromatic N) is 3. The first-order valence-corrected chi connectivity index (χ1v) is 7.37. The number of aliphatic hydroxyl groups excluding tert-OH is 2. The first-order valence-electron chi connectivity index (χ1n) is 7.37. The highest BCUT2D eigenvalue weighted by Gasteiger charge is 2.56. The molecule has 2 rings (SSSR count). The van der Waals surface area contributed by atoms with E-state index in [1.54, 1.807) is 0 Å². The molecule has 2 N–H and O–H groups in total. The fourth-order valence-electron chi connectivity index (χ4n) is 4.82. The molecule has 2 aliphatic carbocycles. The van der Waals surface area contributed by atoms with Crippen molar-refractivity contribution >= 4 is 0 Å². The summed E-state index contributed by atoms with van der Waals surface area (Å²) in [5.74, 6) is 1.34. The van der Waals surface area contributed by atoms with Gasteiger partial charge in [0.25, 0.3) is 0 Å². The molecular weight excluding hydrogens is 242 g/mol. The monoisotopic (exact) mass is 267 g/mol. The van der Waals surface area contributed by atoms with Gasteiger partial charge in [-0.2, -0.15) is 0 Å². The van der Waals surface area contributed by atoms with Crippen LogP contribution in [0, 0.1) is 23.2 Å². The van der Waals surface area contributed by atoms with Crippen molar-refractivity contribution in [2.24, 2.45) is 28.3 Å². The van der Waals surface area contributed by atoms with E-state index in [2.05, 4.69) is 30.8 Å². The smallest absolute Gasteiger partial charge is 0.0889 e. The van der Waals surface area contributed by atoms with Crippen LogP contribution in [0.4, 0.5) is 0 Å². The zero-order chi connectivity index (χ0) is 14.2. The fourth-order valence-corrected chi connectivity index (χ4v) is 4.82. The van der Waals surface area contributed by atoms with Gasteiger partial charge in [-0.1, -0.05) is 38.7 Å². The van der Waals surface area contributed by atoms with Crippen molar-refractivity contribution in [1.29, 1.82) is 0 Å². The van der Waals surface area contributed by atoms with Crippen molar-refractivity contribution in [1.82, 2.24) is 0 Å². The number of hydrogen-bond acceptors (Lipinski definition) is 3. The van der Waals surface area contributed by atoms with Crippen LogP contribution in [-0.4, -0.2) is 28.5 Å². The van der Waals surface area contributed by atoms with Crippen LogP contribution >= 0.6 is 0 Å². The molecule has 0 bridgehead atoms. The van der Waals surface area contributed by atoms with Gasteiger partial charge in [0.15, 0.2) is 0 Å². The first-order chi connectivity index (χ1) is 8.96. The van der Waals surface area contributed by atoms with Gasteiger partial charge >= 0.3 is 0 Å². The summed E-state index contributed by atoms with van der Waals surface area (Å²) < 4.78 is 0. The van der Waals surface area contributed by atoms with Crippen molar-refractivity contribution < 1.29 is 10.2 Å². The maximum absolute atomic E-state index is 10.3. The predicted octanol–water partition coefficient (Wildman–Crippen LogP) is 2.87. The van der Waals surface area contributed by atoms with Gasteiger partial charge < -0.3 is 10.2 Å². The zero-order valence-corrected chi connectivity index (χ0v) is 12.0. The Balaban J connectivity index is 2.44. The van der Waals surface area contributed by atoms with Crippen LogP contribution in [-0.2, 0) is 0 Å². The Kier molecular flexibility index (Phi) is 4.09. The average molecular weight is 267 g/mol. The number of aliphatic hydroxyl groups is 2. The predicted molar refractivity (Wildman–Crippen MR) is 73.3 cm³/mol. The molecule has 7 atom stereocenters. The van der Waals surface area contributed by atoms with E-state index in [1.165, 1.54) is 0 Å². The maximum Gasteiger partial charge on any atom is 0.0889 e. The second-order valence-corrected chi connectivity index (χ2v) is 6.58. The highest BCUT2D eigenvalue weighted by molar-refractivity contribution is 5.09. The Morgan fingerprint density at radius 2 is 2.05 bits per heavy atom. The van der Waals surface area contributed by atoms with Crippen LogP contribution in [0.25, 0.3) is 10.4 Å². The minimum atomic E-state index is -0.934. The quantitative estimate of drug-likeness (QED) is 0.457. The van der Waals surface area contributed by atoms with Gasteiger partial charge in [-0.3, -0.25) is 0 Å². The van der Waals surface area contributed by atoms with Crippen LogP contribution < -0.4 is 0 Å². The molecule has 0 aromatic heterocycles. The lowest BCUT2D eigenvalue weighted by molar-refractivity contribution is -0.141. The fraction of sp³-hybridized carbons (Fsp3) is 1.00. The summed E-state index contributed by atoms with van der Waals surface area (Å²) in [6, 6.07) is -0.515. The van der Waals surface area contributed by atoms with Gasteiger partial charge in [0.2, 0.25) is 0 Å². The molecule has 0 heterocycles. The van der Waals surface area contributed by atoms with E-state index >= 15 is 0 Å². The molecule has 2 aliphatic rings. The average Bonchev–Trinajstić information content (AvgIpc) is 2.37. The standard InChI is InChI=1S/C14H25N3O2/c1-4-10-8(2)5-6-9-7-11(18)12(19)13(16-17-15)14(9,10)3/h8-13,18-19H,4-7H2,1-3H3/t8?,9?,10?,11-,12-,13+,14+/m1/s1. The van der Waals surface area contributed by atoms with Gasteiger partial charge in [-0.05, 0) is 41.5 Å². The molecule has 0 saturated heterocycles. The summed E-state index contributed by atoms with van der Waals surface area (Å²) >= 11 is 0. The lowest BCUT2D eigenvalue weighted by atomic mass is 9.49. The van der Waals surface area contributed by atoms with Crippen LogP contribution in [0.1, 0.15) is 46.5 Å². The van der Waals surface area contributed by atoms with Crippen molar-refractivity contribution in [3.05, 3.63) is 10.4 Å². The van der Waals surface area contributed by atoms with Gasteiger partial charge in [0.05, 0.1) is 18.2 Å². The molecule has 3 unspecified atom stereocenters. The highest BCUT2D eigenvalue weighted by Crippen LogP contribution is 2.57. The Morgan fingerprint density at radius 1 is 1.37 bits per heavy atom. The van der Waals surface area contributed by atoms with Crippen molar-refractivity contribution in [3.63, 3.8) is 0 Å². The molecule has 0 amide bonds. The summed E-state index contributed by atoms with van der Waals surface area (Å²) in [4.78, 5) is 2.93. The van der Waals surface area contributed by atoms with E-state index in [0.717, 1.165) is 19.3 Å². The third-order valence-electron chi connectivity index (χ3n) is 5.83. The maximum atomic E-state index is 10.3.